The third kappa shape index (κ3) is 3.11. The van der Waals surface area contributed by atoms with Crippen LogP contribution in [0.5, 0.6) is 11.5 Å². The third-order valence-corrected chi connectivity index (χ3v) is 3.05. The molecule has 108 valence electrons. The Kier molecular flexibility index (Phi) is 4.08. The van der Waals surface area contributed by atoms with E-state index in [1.54, 1.807) is 24.3 Å². The molecule has 21 heavy (non-hydrogen) atoms. The van der Waals surface area contributed by atoms with Gasteiger partial charge in [0, 0.05) is 0 Å². The van der Waals surface area contributed by atoms with Crippen LogP contribution in [0.1, 0.15) is 17.0 Å². The molecule has 2 aromatic rings. The molecule has 2 rings (SSSR count). The van der Waals surface area contributed by atoms with E-state index >= 15 is 0 Å². The Bertz CT molecular complexity index is 616. The van der Waals surface area contributed by atoms with Crippen LogP contribution in [0.25, 0.3) is 0 Å². The highest BCUT2D eigenvalue weighted by Gasteiger charge is 2.27. The molecular weight excluding hydrogens is 274 g/mol. The molecule has 0 aromatic heterocycles. The van der Waals surface area contributed by atoms with E-state index in [0.717, 1.165) is 0 Å². The maximum Gasteiger partial charge on any atom is 0.354 e. The zero-order valence-corrected chi connectivity index (χ0v) is 10.8. The van der Waals surface area contributed by atoms with Crippen LogP contribution in [-0.4, -0.2) is 32.2 Å². The molecule has 0 bridgehead atoms. The summed E-state index contributed by atoms with van der Waals surface area (Å²) in [6.45, 7) is 0. The van der Waals surface area contributed by atoms with E-state index < -0.39 is 17.6 Å². The number of phenols is 2. The normalized spacial score (nSPS) is 11.6. The predicted molar refractivity (Wildman–Crippen MR) is 74.9 cm³/mol. The number of oxime groups is 1. The summed E-state index contributed by atoms with van der Waals surface area (Å²) < 4.78 is 0. The van der Waals surface area contributed by atoms with Crippen molar-refractivity contribution in [3.8, 4) is 11.5 Å². The fourth-order valence-corrected chi connectivity index (χ4v) is 2.07. The van der Waals surface area contributed by atoms with E-state index in [4.69, 9.17) is 5.21 Å². The Balaban J connectivity index is 2.56. The summed E-state index contributed by atoms with van der Waals surface area (Å²) in [6.07, 6.45) is 0. The molecule has 0 aliphatic carbocycles. The summed E-state index contributed by atoms with van der Waals surface area (Å²) in [5, 5.41) is 39.7. The molecule has 0 heterocycles. The van der Waals surface area contributed by atoms with Crippen LogP contribution in [0.4, 0.5) is 0 Å². The molecule has 0 saturated heterocycles. The minimum atomic E-state index is -1.36. The number of carboxylic acids is 1. The number of benzene rings is 2. The second kappa shape index (κ2) is 5.96. The van der Waals surface area contributed by atoms with Gasteiger partial charge in [-0.05, 0) is 35.4 Å². The maximum atomic E-state index is 11.3. The fourth-order valence-electron chi connectivity index (χ4n) is 2.07. The highest BCUT2D eigenvalue weighted by atomic mass is 16.4. The lowest BCUT2D eigenvalue weighted by atomic mass is 9.87. The smallest absolute Gasteiger partial charge is 0.354 e. The molecule has 6 nitrogen and oxygen atoms in total. The molecule has 0 radical (unpaired) electrons. The number of aliphatic carboxylic acids is 1. The fraction of sp³-hybridized carbons (Fsp3) is 0.0667. The molecule has 0 saturated carbocycles. The van der Waals surface area contributed by atoms with Crippen molar-refractivity contribution < 1.29 is 25.3 Å². The first-order valence-electron chi connectivity index (χ1n) is 6.06. The molecule has 0 atom stereocenters. The molecular formula is C15H13NO5. The van der Waals surface area contributed by atoms with Crippen molar-refractivity contribution in [1.29, 1.82) is 0 Å². The predicted octanol–water partition coefficient (Wildman–Crippen LogP) is 2.14. The van der Waals surface area contributed by atoms with Crippen molar-refractivity contribution in [3.05, 3.63) is 59.7 Å². The standard InChI is InChI=1S/C15H13NO5/c17-11-5-1-9(2-6-11)13(14(16-21)15(19)20)10-3-7-12(18)8-4-10/h1-8,13,17-18,21H,(H,19,20)/b16-14-. The van der Waals surface area contributed by atoms with Gasteiger partial charge in [-0.1, -0.05) is 29.4 Å². The van der Waals surface area contributed by atoms with Gasteiger partial charge in [-0.25, -0.2) is 4.79 Å². The molecule has 0 amide bonds. The Morgan fingerprint density at radius 3 is 1.52 bits per heavy atom. The molecule has 0 unspecified atom stereocenters. The highest BCUT2D eigenvalue weighted by molar-refractivity contribution is 6.38. The largest absolute Gasteiger partial charge is 0.508 e. The molecule has 2 aromatic carbocycles. The molecule has 6 heteroatoms. The topological polar surface area (TPSA) is 110 Å². The van der Waals surface area contributed by atoms with Gasteiger partial charge in [-0.3, -0.25) is 0 Å². The van der Waals surface area contributed by atoms with Crippen LogP contribution in [0, 0.1) is 0 Å². The summed E-state index contributed by atoms with van der Waals surface area (Å²) >= 11 is 0. The van der Waals surface area contributed by atoms with Gasteiger partial charge in [0.05, 0.1) is 5.92 Å². The lowest BCUT2D eigenvalue weighted by Gasteiger charge is -2.17. The maximum absolute atomic E-state index is 11.3. The van der Waals surface area contributed by atoms with E-state index in [0.29, 0.717) is 11.1 Å². The second-order valence-electron chi connectivity index (χ2n) is 4.41. The lowest BCUT2D eigenvalue weighted by molar-refractivity contribution is -0.129. The summed E-state index contributed by atoms with van der Waals surface area (Å²) in [5.41, 5.74) is 0.619. The molecule has 0 spiro atoms. The molecule has 4 N–H and O–H groups in total. The second-order valence-corrected chi connectivity index (χ2v) is 4.41. The van der Waals surface area contributed by atoms with Crippen LogP contribution < -0.4 is 0 Å². The van der Waals surface area contributed by atoms with Crippen molar-refractivity contribution in [2.24, 2.45) is 5.16 Å². The van der Waals surface area contributed by atoms with Gasteiger partial charge < -0.3 is 20.5 Å². The van der Waals surface area contributed by atoms with Crippen LogP contribution in [-0.2, 0) is 4.79 Å². The number of phenolic OH excluding ortho intramolecular Hbond substituents is 2. The molecule has 0 fully saturated rings. The number of carboxylic acid groups (broad SMARTS) is 1. The number of carbonyl (C=O) groups is 1. The summed E-state index contributed by atoms with van der Waals surface area (Å²) in [6, 6.07) is 11.8. The Hall–Kier alpha value is -3.02. The van der Waals surface area contributed by atoms with Crippen molar-refractivity contribution in [2.45, 2.75) is 5.92 Å². The highest BCUT2D eigenvalue weighted by Crippen LogP contribution is 2.29. The Morgan fingerprint density at radius 1 is 0.857 bits per heavy atom. The first-order valence-corrected chi connectivity index (χ1v) is 6.06. The SMILES string of the molecule is O=C(O)/C(=N\O)C(c1ccc(O)cc1)c1ccc(O)cc1. The average molecular weight is 287 g/mol. The van der Waals surface area contributed by atoms with Crippen molar-refractivity contribution in [2.75, 3.05) is 0 Å². The third-order valence-electron chi connectivity index (χ3n) is 3.05. The van der Waals surface area contributed by atoms with Crippen molar-refractivity contribution in [1.82, 2.24) is 0 Å². The molecule has 0 aliphatic rings. The number of aromatic hydroxyl groups is 2. The van der Waals surface area contributed by atoms with Gasteiger partial charge >= 0.3 is 5.97 Å². The van der Waals surface area contributed by atoms with Crippen LogP contribution >= 0.6 is 0 Å². The van der Waals surface area contributed by atoms with E-state index in [9.17, 15) is 20.1 Å². The van der Waals surface area contributed by atoms with Crippen LogP contribution in [0.15, 0.2) is 53.7 Å². The summed E-state index contributed by atoms with van der Waals surface area (Å²) in [7, 11) is 0. The van der Waals surface area contributed by atoms with E-state index in [2.05, 4.69) is 5.16 Å². The zero-order valence-electron chi connectivity index (χ0n) is 10.8. The van der Waals surface area contributed by atoms with Gasteiger partial charge in [-0.2, -0.15) is 0 Å². The van der Waals surface area contributed by atoms with E-state index in [1.165, 1.54) is 24.3 Å². The minimum absolute atomic E-state index is 0.0426. The number of nitrogens with zero attached hydrogens (tertiary/aromatic N) is 1. The quantitative estimate of drug-likeness (QED) is 0.391. The zero-order chi connectivity index (χ0) is 15.4. The van der Waals surface area contributed by atoms with Crippen molar-refractivity contribution in [3.63, 3.8) is 0 Å². The Labute approximate surface area is 120 Å². The summed E-state index contributed by atoms with van der Waals surface area (Å²) in [4.78, 5) is 11.3. The van der Waals surface area contributed by atoms with Gasteiger partial charge in [0.15, 0.2) is 5.71 Å². The number of hydrogen-bond acceptors (Lipinski definition) is 5. The Morgan fingerprint density at radius 2 is 1.24 bits per heavy atom. The number of hydrogen-bond donors (Lipinski definition) is 4. The van der Waals surface area contributed by atoms with Crippen LogP contribution in [0.3, 0.4) is 0 Å². The van der Waals surface area contributed by atoms with Gasteiger partial charge in [0.1, 0.15) is 11.5 Å². The minimum Gasteiger partial charge on any atom is -0.508 e. The first kappa shape index (κ1) is 14.4. The molecule has 0 aliphatic heterocycles. The van der Waals surface area contributed by atoms with Crippen LogP contribution in [0.2, 0.25) is 0 Å². The average Bonchev–Trinajstić information content (AvgIpc) is 2.46. The van der Waals surface area contributed by atoms with E-state index in [-0.39, 0.29) is 11.5 Å². The monoisotopic (exact) mass is 287 g/mol. The first-order chi connectivity index (χ1) is 10.0. The van der Waals surface area contributed by atoms with E-state index in [1.807, 2.05) is 0 Å². The number of rotatable bonds is 4. The van der Waals surface area contributed by atoms with Crippen molar-refractivity contribution >= 4 is 11.7 Å². The van der Waals surface area contributed by atoms with Gasteiger partial charge in [0.2, 0.25) is 0 Å². The lowest BCUT2D eigenvalue weighted by Crippen LogP contribution is -2.23. The summed E-state index contributed by atoms with van der Waals surface area (Å²) in [5.74, 6) is -2.10. The van der Waals surface area contributed by atoms with Gasteiger partial charge in [0.25, 0.3) is 0 Å². The van der Waals surface area contributed by atoms with Gasteiger partial charge in [-0.15, -0.1) is 0 Å².